The van der Waals surface area contributed by atoms with Gasteiger partial charge in [0.1, 0.15) is 5.75 Å². The van der Waals surface area contributed by atoms with Gasteiger partial charge in [-0.15, -0.1) is 0 Å². The second-order valence-corrected chi connectivity index (χ2v) is 9.75. The molecule has 1 N–H and O–H groups in total. The van der Waals surface area contributed by atoms with Gasteiger partial charge in [-0.2, -0.15) is 0 Å². The number of methoxy groups -OCH3 is 1. The van der Waals surface area contributed by atoms with E-state index in [0.717, 1.165) is 37.4 Å². The molecule has 1 aliphatic rings. The number of carbonyl (C=O) groups is 2. The van der Waals surface area contributed by atoms with Gasteiger partial charge in [-0.1, -0.05) is 81.0 Å². The van der Waals surface area contributed by atoms with Crippen LogP contribution in [0, 0.1) is 5.92 Å². The number of hydrogen-bond donors (Lipinski definition) is 1. The van der Waals surface area contributed by atoms with Crippen LogP contribution in [0.4, 0.5) is 0 Å². The number of carbonyl (C=O) groups excluding carboxylic acids is 2. The van der Waals surface area contributed by atoms with Crippen molar-refractivity contribution < 1.29 is 14.3 Å². The van der Waals surface area contributed by atoms with E-state index in [1.807, 2.05) is 18.2 Å². The molecule has 4 heteroatoms. The largest absolute Gasteiger partial charge is 0.497 e. The van der Waals surface area contributed by atoms with Crippen molar-refractivity contribution in [2.75, 3.05) is 7.11 Å². The number of benzene rings is 2. The summed E-state index contributed by atoms with van der Waals surface area (Å²) in [6, 6.07) is 17.7. The van der Waals surface area contributed by atoms with E-state index in [1.165, 1.54) is 44.1 Å². The molecule has 2 aromatic rings. The molecule has 1 saturated carbocycles. The fraction of sp³-hybridized carbons (Fsp3) is 0.484. The van der Waals surface area contributed by atoms with Gasteiger partial charge in [0, 0.05) is 24.4 Å². The van der Waals surface area contributed by atoms with Crippen molar-refractivity contribution in [3.05, 3.63) is 71.8 Å². The maximum atomic E-state index is 12.7. The zero-order valence-corrected chi connectivity index (χ0v) is 21.2. The molecule has 2 aromatic carbocycles. The van der Waals surface area contributed by atoms with Crippen LogP contribution >= 0.6 is 0 Å². The van der Waals surface area contributed by atoms with Gasteiger partial charge in [-0.25, -0.2) is 0 Å². The first kappa shape index (κ1) is 26.7. The number of nitrogens with one attached hydrogen (secondary N) is 1. The molecule has 3 rings (SSSR count). The van der Waals surface area contributed by atoms with Crippen molar-refractivity contribution in [2.24, 2.45) is 5.92 Å². The second kappa shape index (κ2) is 15.2. The van der Waals surface area contributed by atoms with Crippen LogP contribution in [0.5, 0.6) is 5.75 Å². The number of amides is 1. The Morgan fingerprint density at radius 3 is 2.40 bits per heavy atom. The number of rotatable bonds is 15. The normalized spacial score (nSPS) is 14.8. The molecule has 1 atom stereocenters. The summed E-state index contributed by atoms with van der Waals surface area (Å²) in [6.45, 7) is 0. The third-order valence-corrected chi connectivity index (χ3v) is 7.00. The minimum Gasteiger partial charge on any atom is -0.497 e. The first-order valence-electron chi connectivity index (χ1n) is 13.3. The van der Waals surface area contributed by atoms with E-state index in [1.54, 1.807) is 31.4 Å². The highest BCUT2D eigenvalue weighted by atomic mass is 16.5. The van der Waals surface area contributed by atoms with E-state index in [-0.39, 0.29) is 17.7 Å². The smallest absolute Gasteiger partial charge is 0.220 e. The monoisotopic (exact) mass is 475 g/mol. The third-order valence-electron chi connectivity index (χ3n) is 7.00. The lowest BCUT2D eigenvalue weighted by Crippen LogP contribution is -2.34. The van der Waals surface area contributed by atoms with Crippen LogP contribution in [0.2, 0.25) is 0 Å². The molecule has 4 nitrogen and oxygen atoms in total. The van der Waals surface area contributed by atoms with Gasteiger partial charge in [-0.05, 0) is 61.4 Å². The van der Waals surface area contributed by atoms with E-state index in [4.69, 9.17) is 4.74 Å². The topological polar surface area (TPSA) is 55.4 Å². The first-order valence-corrected chi connectivity index (χ1v) is 13.3. The maximum absolute atomic E-state index is 12.7. The highest BCUT2D eigenvalue weighted by Crippen LogP contribution is 2.29. The first-order chi connectivity index (χ1) is 17.1. The van der Waals surface area contributed by atoms with E-state index < -0.39 is 0 Å². The van der Waals surface area contributed by atoms with Crippen LogP contribution in [0.3, 0.4) is 0 Å². The molecule has 1 fully saturated rings. The lowest BCUT2D eigenvalue weighted by molar-refractivity contribution is -0.121. The van der Waals surface area contributed by atoms with Crippen LogP contribution in [0.1, 0.15) is 93.0 Å². The summed E-state index contributed by atoms with van der Waals surface area (Å²) in [5.41, 5.74) is 1.88. The quantitative estimate of drug-likeness (QED) is 0.216. The summed E-state index contributed by atoms with van der Waals surface area (Å²) in [5.74, 6) is 1.84. The molecule has 0 saturated heterocycles. The number of hydrogen-bond acceptors (Lipinski definition) is 3. The molecular weight excluding hydrogens is 434 g/mol. The molecule has 0 spiro atoms. The Kier molecular flexibility index (Phi) is 11.6. The molecule has 0 radical (unpaired) electrons. The zero-order chi connectivity index (χ0) is 24.7. The Balaban J connectivity index is 1.40. The molecule has 188 valence electrons. The summed E-state index contributed by atoms with van der Waals surface area (Å²) in [4.78, 5) is 25.0. The van der Waals surface area contributed by atoms with Crippen LogP contribution in [-0.2, 0) is 4.79 Å². The van der Waals surface area contributed by atoms with E-state index in [9.17, 15) is 9.59 Å². The Labute approximate surface area is 211 Å². The summed E-state index contributed by atoms with van der Waals surface area (Å²) >= 11 is 0. The molecule has 0 aliphatic heterocycles. The summed E-state index contributed by atoms with van der Waals surface area (Å²) < 4.78 is 5.14. The number of ether oxygens (including phenoxy) is 1. The third kappa shape index (κ3) is 10.1. The number of ketones is 1. The van der Waals surface area contributed by atoms with Gasteiger partial charge >= 0.3 is 0 Å². The Morgan fingerprint density at radius 2 is 1.69 bits per heavy atom. The summed E-state index contributed by atoms with van der Waals surface area (Å²) in [5, 5.41) is 3.27. The minimum absolute atomic E-state index is 0.0980. The van der Waals surface area contributed by atoms with E-state index >= 15 is 0 Å². The number of unbranched alkanes of at least 4 members (excludes halogenated alkanes) is 1. The molecule has 1 amide bonds. The molecule has 0 aromatic heterocycles. The van der Waals surface area contributed by atoms with Crippen LogP contribution in [-0.4, -0.2) is 24.8 Å². The molecule has 0 bridgehead atoms. The van der Waals surface area contributed by atoms with Crippen molar-refractivity contribution in [1.82, 2.24) is 5.32 Å². The minimum atomic E-state index is 0.0980. The van der Waals surface area contributed by atoms with E-state index in [2.05, 4.69) is 29.6 Å². The zero-order valence-electron chi connectivity index (χ0n) is 21.2. The predicted molar refractivity (Wildman–Crippen MR) is 144 cm³/mol. The summed E-state index contributed by atoms with van der Waals surface area (Å²) in [7, 11) is 1.61. The van der Waals surface area contributed by atoms with E-state index in [0.29, 0.717) is 18.4 Å². The van der Waals surface area contributed by atoms with Crippen LogP contribution < -0.4 is 10.1 Å². The van der Waals surface area contributed by atoms with Crippen molar-refractivity contribution in [3.63, 3.8) is 0 Å². The highest BCUT2D eigenvalue weighted by molar-refractivity contribution is 5.96. The van der Waals surface area contributed by atoms with Crippen molar-refractivity contribution in [2.45, 2.75) is 83.1 Å². The Bertz CT molecular complexity index is 914. The fourth-order valence-corrected chi connectivity index (χ4v) is 4.93. The van der Waals surface area contributed by atoms with Gasteiger partial charge in [0.25, 0.3) is 0 Å². The average Bonchev–Trinajstić information content (AvgIpc) is 3.40. The van der Waals surface area contributed by atoms with Gasteiger partial charge < -0.3 is 10.1 Å². The van der Waals surface area contributed by atoms with Gasteiger partial charge in [0.15, 0.2) is 5.78 Å². The fourth-order valence-electron chi connectivity index (χ4n) is 4.93. The maximum Gasteiger partial charge on any atom is 0.220 e. The Morgan fingerprint density at radius 1 is 0.971 bits per heavy atom. The molecule has 1 unspecified atom stereocenters. The van der Waals surface area contributed by atoms with Crippen LogP contribution in [0.15, 0.2) is 60.7 Å². The van der Waals surface area contributed by atoms with Gasteiger partial charge in [-0.3, -0.25) is 9.59 Å². The molecule has 0 heterocycles. The highest BCUT2D eigenvalue weighted by Gasteiger charge is 2.16. The molecular formula is C31H41NO3. The van der Waals surface area contributed by atoms with Gasteiger partial charge in [0.2, 0.25) is 5.91 Å². The predicted octanol–water partition coefficient (Wildman–Crippen LogP) is 7.39. The lowest BCUT2D eigenvalue weighted by Gasteiger charge is -2.18. The molecule has 35 heavy (non-hydrogen) atoms. The summed E-state index contributed by atoms with van der Waals surface area (Å²) in [6.07, 6.45) is 16.5. The van der Waals surface area contributed by atoms with Gasteiger partial charge in [0.05, 0.1) is 7.11 Å². The number of Topliss-reactive ketones (excluding diaryl/α,β-unsaturated/α-hetero) is 1. The van der Waals surface area contributed by atoms with Crippen molar-refractivity contribution in [1.29, 1.82) is 0 Å². The lowest BCUT2D eigenvalue weighted by atomic mass is 9.97. The molecule has 1 aliphatic carbocycles. The Hall–Kier alpha value is -2.88. The average molecular weight is 476 g/mol. The standard InChI is InChI=1S/C31H41NO3/c1-35-29-23-21-27(22-24-29)30(33)19-7-8-20-31(34)32-28(18-10-16-26-13-5-6-14-26)17-9-15-25-11-3-2-4-12-25/h2-4,9,11-12,15,21-24,26,28H,5-8,10,13-14,16-20H2,1H3,(H,32,34). The van der Waals surface area contributed by atoms with Crippen molar-refractivity contribution >= 4 is 17.8 Å². The van der Waals surface area contributed by atoms with Crippen LogP contribution in [0.25, 0.3) is 6.08 Å². The SMILES string of the molecule is COc1ccc(C(=O)CCCCC(=O)NC(CC=Cc2ccccc2)CCCC2CCCC2)cc1. The van der Waals surface area contributed by atoms with Crippen molar-refractivity contribution in [3.8, 4) is 5.75 Å². The second-order valence-electron chi connectivity index (χ2n) is 9.75.